The van der Waals surface area contributed by atoms with Gasteiger partial charge in [-0.2, -0.15) is 4.98 Å². The van der Waals surface area contributed by atoms with Gasteiger partial charge in [0, 0.05) is 6.61 Å². The van der Waals surface area contributed by atoms with E-state index in [1.807, 2.05) is 27.7 Å². The van der Waals surface area contributed by atoms with Gasteiger partial charge in [0.15, 0.2) is 0 Å². The predicted octanol–water partition coefficient (Wildman–Crippen LogP) is 2.22. The van der Waals surface area contributed by atoms with Gasteiger partial charge in [-0.1, -0.05) is 12.1 Å². The van der Waals surface area contributed by atoms with Crippen molar-refractivity contribution in [2.75, 3.05) is 6.61 Å². The van der Waals surface area contributed by atoms with Crippen LogP contribution in [0.5, 0.6) is 0 Å². The minimum Gasteiger partial charge on any atom is -0.393 e. The second-order valence-corrected chi connectivity index (χ2v) is 4.65. The normalized spacial score (nSPS) is 15.9. The summed E-state index contributed by atoms with van der Waals surface area (Å²) in [6, 6.07) is 0. The number of aromatic nitrogens is 2. The van der Waals surface area contributed by atoms with E-state index < -0.39 is 11.7 Å². The Morgan fingerprint density at radius 3 is 2.53 bits per heavy atom. The fourth-order valence-corrected chi connectivity index (χ4v) is 1.78. The average molecular weight is 242 g/mol. The van der Waals surface area contributed by atoms with Gasteiger partial charge in [0.25, 0.3) is 0 Å². The molecule has 0 spiro atoms. The fourth-order valence-electron chi connectivity index (χ4n) is 1.78. The van der Waals surface area contributed by atoms with Crippen molar-refractivity contribution in [1.29, 1.82) is 0 Å². The topological polar surface area (TPSA) is 68.4 Å². The van der Waals surface area contributed by atoms with Gasteiger partial charge in [-0.05, 0) is 34.1 Å². The summed E-state index contributed by atoms with van der Waals surface area (Å²) in [6.07, 6.45) is 0.262. The van der Waals surface area contributed by atoms with Crippen molar-refractivity contribution in [2.24, 2.45) is 0 Å². The first kappa shape index (κ1) is 14.1. The van der Waals surface area contributed by atoms with Gasteiger partial charge in [-0.3, -0.25) is 0 Å². The van der Waals surface area contributed by atoms with Gasteiger partial charge in [-0.25, -0.2) is 0 Å². The van der Waals surface area contributed by atoms with Crippen LogP contribution in [0.25, 0.3) is 0 Å². The molecule has 2 unspecified atom stereocenters. The summed E-state index contributed by atoms with van der Waals surface area (Å²) >= 11 is 0. The van der Waals surface area contributed by atoms with Crippen molar-refractivity contribution in [1.82, 2.24) is 10.1 Å². The van der Waals surface area contributed by atoms with Crippen LogP contribution in [-0.2, 0) is 10.3 Å². The number of nitrogens with zero attached hydrogens (tertiary/aromatic N) is 2. The van der Waals surface area contributed by atoms with Crippen LogP contribution in [0.3, 0.4) is 0 Å². The van der Waals surface area contributed by atoms with Gasteiger partial charge >= 0.3 is 0 Å². The molecule has 5 heteroatoms. The molecule has 0 aliphatic carbocycles. The van der Waals surface area contributed by atoms with Crippen molar-refractivity contribution >= 4 is 0 Å². The molecule has 1 N–H and O–H groups in total. The third-order valence-corrected chi connectivity index (χ3v) is 2.82. The smallest absolute Gasteiger partial charge is 0.232 e. The summed E-state index contributed by atoms with van der Waals surface area (Å²) in [5.41, 5.74) is -0.562. The molecule has 0 radical (unpaired) electrons. The molecule has 1 aromatic rings. The van der Waals surface area contributed by atoms with E-state index in [0.717, 1.165) is 6.42 Å². The summed E-state index contributed by atoms with van der Waals surface area (Å²) in [5, 5.41) is 13.6. The summed E-state index contributed by atoms with van der Waals surface area (Å²) in [5.74, 6) is 0.882. The number of hydrogen-bond donors (Lipinski definition) is 1. The lowest BCUT2D eigenvalue weighted by atomic mass is 10.0. The molecule has 1 heterocycles. The third-order valence-electron chi connectivity index (χ3n) is 2.82. The van der Waals surface area contributed by atoms with E-state index in [0.29, 0.717) is 18.3 Å². The summed E-state index contributed by atoms with van der Waals surface area (Å²) in [4.78, 5) is 4.33. The Labute approximate surface area is 102 Å². The lowest BCUT2D eigenvalue weighted by Gasteiger charge is -2.20. The van der Waals surface area contributed by atoms with E-state index in [-0.39, 0.29) is 5.92 Å². The highest BCUT2D eigenvalue weighted by Crippen LogP contribution is 2.26. The highest BCUT2D eigenvalue weighted by Gasteiger charge is 2.30. The zero-order chi connectivity index (χ0) is 13.1. The summed E-state index contributed by atoms with van der Waals surface area (Å²) in [7, 11) is 0. The predicted molar refractivity (Wildman–Crippen MR) is 63.7 cm³/mol. The van der Waals surface area contributed by atoms with Gasteiger partial charge < -0.3 is 14.4 Å². The minimum atomic E-state index is -0.562. The van der Waals surface area contributed by atoms with E-state index in [2.05, 4.69) is 10.1 Å². The molecular formula is C12H22N2O3. The van der Waals surface area contributed by atoms with Gasteiger partial charge in [0.2, 0.25) is 11.7 Å². The summed E-state index contributed by atoms with van der Waals surface area (Å²) in [6.45, 7) is 10.0. The zero-order valence-electron chi connectivity index (χ0n) is 11.2. The maximum absolute atomic E-state index is 9.62. The van der Waals surface area contributed by atoms with E-state index in [9.17, 15) is 5.11 Å². The van der Waals surface area contributed by atoms with E-state index >= 15 is 0 Å². The van der Waals surface area contributed by atoms with Gasteiger partial charge in [-0.15, -0.1) is 0 Å². The highest BCUT2D eigenvalue weighted by molar-refractivity contribution is 5.01. The van der Waals surface area contributed by atoms with Crippen molar-refractivity contribution < 1.29 is 14.4 Å². The first-order chi connectivity index (χ1) is 7.92. The fraction of sp³-hybridized carbons (Fsp3) is 0.833. The monoisotopic (exact) mass is 242 g/mol. The number of aliphatic hydroxyl groups excluding tert-OH is 1. The SMILES string of the molecule is CCOC(C)(C)c1noc(C(CC)C(C)O)n1. The molecule has 5 nitrogen and oxygen atoms in total. The standard InChI is InChI=1S/C12H22N2O3/c1-6-9(8(3)15)10-13-11(14-17-10)12(4,5)16-7-2/h8-9,15H,6-7H2,1-5H3. The van der Waals surface area contributed by atoms with Crippen molar-refractivity contribution in [3.05, 3.63) is 11.7 Å². The van der Waals surface area contributed by atoms with Crippen LogP contribution in [0.15, 0.2) is 4.52 Å². The molecule has 0 aliphatic rings. The molecule has 0 fully saturated rings. The number of hydrogen-bond acceptors (Lipinski definition) is 5. The second-order valence-electron chi connectivity index (χ2n) is 4.65. The second kappa shape index (κ2) is 5.60. The minimum absolute atomic E-state index is 0.117. The Kier molecular flexibility index (Phi) is 4.65. The zero-order valence-corrected chi connectivity index (χ0v) is 11.2. The lowest BCUT2D eigenvalue weighted by molar-refractivity contribution is -0.0221. The van der Waals surface area contributed by atoms with Crippen LogP contribution in [-0.4, -0.2) is 28.0 Å². The number of aliphatic hydroxyl groups is 1. The maximum atomic E-state index is 9.62. The first-order valence-corrected chi connectivity index (χ1v) is 6.08. The van der Waals surface area contributed by atoms with Crippen LogP contribution in [0, 0.1) is 0 Å². The quantitative estimate of drug-likeness (QED) is 0.828. The molecule has 0 saturated carbocycles. The Balaban J connectivity index is 2.90. The first-order valence-electron chi connectivity index (χ1n) is 6.08. The Morgan fingerprint density at radius 2 is 2.06 bits per heavy atom. The van der Waals surface area contributed by atoms with Crippen LogP contribution in [0.2, 0.25) is 0 Å². The molecule has 2 atom stereocenters. The van der Waals surface area contributed by atoms with Crippen LogP contribution in [0.4, 0.5) is 0 Å². The van der Waals surface area contributed by atoms with Crippen molar-refractivity contribution in [3.8, 4) is 0 Å². The van der Waals surface area contributed by atoms with E-state index in [4.69, 9.17) is 9.26 Å². The largest absolute Gasteiger partial charge is 0.393 e. The maximum Gasteiger partial charge on any atom is 0.232 e. The number of rotatable bonds is 6. The molecular weight excluding hydrogens is 220 g/mol. The molecule has 17 heavy (non-hydrogen) atoms. The van der Waals surface area contributed by atoms with Crippen molar-refractivity contribution in [3.63, 3.8) is 0 Å². The molecule has 0 aliphatic heterocycles. The summed E-state index contributed by atoms with van der Waals surface area (Å²) < 4.78 is 10.8. The Morgan fingerprint density at radius 1 is 1.41 bits per heavy atom. The van der Waals surface area contributed by atoms with Crippen molar-refractivity contribution in [2.45, 2.75) is 58.7 Å². The average Bonchev–Trinajstić information content (AvgIpc) is 2.68. The number of ether oxygens (including phenoxy) is 1. The molecule has 0 aromatic carbocycles. The molecule has 1 rings (SSSR count). The van der Waals surface area contributed by atoms with E-state index in [1.54, 1.807) is 6.92 Å². The molecule has 0 saturated heterocycles. The van der Waals surface area contributed by atoms with E-state index in [1.165, 1.54) is 0 Å². The molecule has 0 bridgehead atoms. The van der Waals surface area contributed by atoms with Crippen LogP contribution >= 0.6 is 0 Å². The Hall–Kier alpha value is -0.940. The van der Waals surface area contributed by atoms with Crippen LogP contribution in [0.1, 0.15) is 58.7 Å². The Bertz CT molecular complexity index is 347. The molecule has 0 amide bonds. The van der Waals surface area contributed by atoms with Crippen LogP contribution < -0.4 is 0 Å². The molecule has 1 aromatic heterocycles. The highest BCUT2D eigenvalue weighted by atomic mass is 16.5. The van der Waals surface area contributed by atoms with Gasteiger partial charge in [0.1, 0.15) is 5.60 Å². The molecule has 98 valence electrons. The van der Waals surface area contributed by atoms with Gasteiger partial charge in [0.05, 0.1) is 12.0 Å². The lowest BCUT2D eigenvalue weighted by Crippen LogP contribution is -2.23. The third kappa shape index (κ3) is 3.26.